The van der Waals surface area contributed by atoms with Crippen LogP contribution in [-0.4, -0.2) is 5.11 Å². The summed E-state index contributed by atoms with van der Waals surface area (Å²) < 4.78 is 14.3. The van der Waals surface area contributed by atoms with E-state index in [0.717, 1.165) is 17.8 Å². The number of halogens is 1. The molecule has 126 valence electrons. The van der Waals surface area contributed by atoms with Crippen LogP contribution in [0.2, 0.25) is 0 Å². The average Bonchev–Trinajstić information content (AvgIpc) is 2.53. The zero-order chi connectivity index (χ0) is 16.3. The number of benzene rings is 1. The highest BCUT2D eigenvalue weighted by atomic mass is 32.1. The molecule has 2 nitrogen and oxygen atoms in total. The number of hydrogen-bond donors (Lipinski definition) is 2. The molecule has 24 heavy (non-hydrogen) atoms. The Labute approximate surface area is 147 Å². The molecule has 0 spiro atoms. The zero-order valence-electron chi connectivity index (χ0n) is 13.7. The van der Waals surface area contributed by atoms with Gasteiger partial charge in [0, 0.05) is 16.7 Å². The number of rotatable bonds is 2. The highest BCUT2D eigenvalue weighted by Crippen LogP contribution is 2.62. The minimum atomic E-state index is -0.166. The van der Waals surface area contributed by atoms with Crippen molar-refractivity contribution < 1.29 is 4.39 Å². The van der Waals surface area contributed by atoms with E-state index in [2.05, 4.69) is 16.7 Å². The van der Waals surface area contributed by atoms with Crippen molar-refractivity contribution in [1.82, 2.24) is 10.6 Å². The van der Waals surface area contributed by atoms with Gasteiger partial charge in [0.15, 0.2) is 5.11 Å². The van der Waals surface area contributed by atoms with Gasteiger partial charge in [0.05, 0.1) is 6.04 Å². The topological polar surface area (TPSA) is 24.1 Å². The molecule has 0 saturated heterocycles. The second kappa shape index (κ2) is 5.29. The van der Waals surface area contributed by atoms with Crippen molar-refractivity contribution in [1.29, 1.82) is 0 Å². The van der Waals surface area contributed by atoms with Crippen molar-refractivity contribution >= 4 is 17.3 Å². The van der Waals surface area contributed by atoms with Crippen LogP contribution in [0, 0.1) is 29.0 Å². The molecule has 0 unspecified atom stereocenters. The number of allylic oxidation sites excluding steroid dienone is 1. The summed E-state index contributed by atoms with van der Waals surface area (Å²) in [4.78, 5) is 0. The number of nitrogens with one attached hydrogen (secondary N) is 2. The summed E-state index contributed by atoms with van der Waals surface area (Å²) in [5.41, 5.74) is 2.20. The molecule has 4 saturated carbocycles. The maximum atomic E-state index is 14.3. The van der Waals surface area contributed by atoms with Crippen molar-refractivity contribution in [3.63, 3.8) is 0 Å². The third-order valence-corrected chi connectivity index (χ3v) is 6.94. The Morgan fingerprint density at radius 2 is 1.62 bits per heavy atom. The van der Waals surface area contributed by atoms with Gasteiger partial charge >= 0.3 is 0 Å². The fourth-order valence-electron chi connectivity index (χ4n) is 6.19. The molecule has 1 aromatic rings. The van der Waals surface area contributed by atoms with Gasteiger partial charge in [-0.1, -0.05) is 18.2 Å². The summed E-state index contributed by atoms with van der Waals surface area (Å²) in [5.74, 6) is 2.48. The first-order chi connectivity index (χ1) is 11.6. The summed E-state index contributed by atoms with van der Waals surface area (Å²) >= 11 is 5.47. The van der Waals surface area contributed by atoms with E-state index < -0.39 is 0 Å². The monoisotopic (exact) mass is 342 g/mol. The van der Waals surface area contributed by atoms with Crippen LogP contribution in [0.5, 0.6) is 0 Å². The van der Waals surface area contributed by atoms with Crippen LogP contribution in [0.4, 0.5) is 4.39 Å². The Hall–Kier alpha value is -1.42. The lowest BCUT2D eigenvalue weighted by molar-refractivity contribution is -0.0332. The summed E-state index contributed by atoms with van der Waals surface area (Å²) in [7, 11) is 0. The lowest BCUT2D eigenvalue weighted by Crippen LogP contribution is -2.53. The predicted molar refractivity (Wildman–Crippen MR) is 96.7 cm³/mol. The zero-order valence-corrected chi connectivity index (χ0v) is 14.5. The Kier molecular flexibility index (Phi) is 3.28. The van der Waals surface area contributed by atoms with E-state index in [9.17, 15) is 4.39 Å². The maximum Gasteiger partial charge on any atom is 0.171 e. The molecule has 4 fully saturated rings. The first-order valence-electron chi connectivity index (χ1n) is 9.15. The first kappa shape index (κ1) is 14.9. The van der Waals surface area contributed by atoms with E-state index in [1.165, 1.54) is 50.3 Å². The van der Waals surface area contributed by atoms with E-state index in [1.54, 1.807) is 6.07 Å². The van der Waals surface area contributed by atoms with Crippen molar-refractivity contribution in [3.8, 4) is 0 Å². The minimum Gasteiger partial charge on any atom is -0.352 e. The van der Waals surface area contributed by atoms with Crippen LogP contribution in [0.25, 0.3) is 0 Å². The Morgan fingerprint density at radius 1 is 1.00 bits per heavy atom. The molecule has 1 heterocycles. The SMILES string of the molecule is Fc1ccccc1[C@@H]1C=C(C23CC4CC(CC(C4)C2)C3)NC(=S)N1. The minimum absolute atomic E-state index is 0.164. The molecule has 4 bridgehead atoms. The summed E-state index contributed by atoms with van der Waals surface area (Å²) in [5, 5.41) is 7.33. The third-order valence-electron chi connectivity index (χ3n) is 6.72. The van der Waals surface area contributed by atoms with Crippen LogP contribution < -0.4 is 10.6 Å². The van der Waals surface area contributed by atoms with Crippen molar-refractivity contribution in [3.05, 3.63) is 47.4 Å². The van der Waals surface area contributed by atoms with Crippen LogP contribution in [0.15, 0.2) is 36.0 Å². The second-order valence-electron chi connectivity index (χ2n) is 8.38. The molecule has 2 N–H and O–H groups in total. The Morgan fingerprint density at radius 3 is 2.25 bits per heavy atom. The van der Waals surface area contributed by atoms with Gasteiger partial charge in [0.1, 0.15) is 5.82 Å². The van der Waals surface area contributed by atoms with Gasteiger partial charge in [-0.3, -0.25) is 0 Å². The van der Waals surface area contributed by atoms with Crippen molar-refractivity contribution in [2.45, 2.75) is 44.6 Å². The second-order valence-corrected chi connectivity index (χ2v) is 8.78. The van der Waals surface area contributed by atoms with Crippen molar-refractivity contribution in [2.24, 2.45) is 23.2 Å². The van der Waals surface area contributed by atoms with Crippen LogP contribution in [0.3, 0.4) is 0 Å². The van der Waals surface area contributed by atoms with Gasteiger partial charge in [-0.15, -0.1) is 0 Å². The van der Waals surface area contributed by atoms with Crippen LogP contribution >= 0.6 is 12.2 Å². The summed E-state index contributed by atoms with van der Waals surface area (Å²) in [6.45, 7) is 0. The Balaban J connectivity index is 1.53. The fraction of sp³-hybridized carbons (Fsp3) is 0.550. The van der Waals surface area contributed by atoms with E-state index in [-0.39, 0.29) is 17.3 Å². The molecule has 1 atom stereocenters. The molecule has 0 amide bonds. The number of thiocarbonyl (C=S) groups is 1. The molecule has 0 radical (unpaired) electrons. The van der Waals surface area contributed by atoms with Crippen LogP contribution in [0.1, 0.15) is 50.1 Å². The predicted octanol–water partition coefficient (Wildman–Crippen LogP) is 4.44. The van der Waals surface area contributed by atoms with Crippen LogP contribution in [-0.2, 0) is 0 Å². The lowest BCUT2D eigenvalue weighted by atomic mass is 9.48. The molecule has 1 aliphatic heterocycles. The normalized spacial score (nSPS) is 40.0. The van der Waals surface area contributed by atoms with Gasteiger partial charge in [0.25, 0.3) is 0 Å². The smallest absolute Gasteiger partial charge is 0.171 e. The van der Waals surface area contributed by atoms with Gasteiger partial charge in [-0.05, 0) is 80.6 Å². The average molecular weight is 342 g/mol. The highest BCUT2D eigenvalue weighted by Gasteiger charge is 2.53. The first-order valence-corrected chi connectivity index (χ1v) is 9.56. The molecule has 0 aromatic heterocycles. The largest absolute Gasteiger partial charge is 0.352 e. The molecule has 6 rings (SSSR count). The van der Waals surface area contributed by atoms with Crippen molar-refractivity contribution in [2.75, 3.05) is 0 Å². The van der Waals surface area contributed by atoms with E-state index in [4.69, 9.17) is 12.2 Å². The summed E-state index contributed by atoms with van der Waals surface area (Å²) in [6, 6.07) is 6.85. The molecule has 4 heteroatoms. The highest BCUT2D eigenvalue weighted by molar-refractivity contribution is 7.80. The van der Waals surface area contributed by atoms with E-state index in [1.807, 2.05) is 12.1 Å². The molecule has 5 aliphatic rings. The molecule has 4 aliphatic carbocycles. The Bertz CT molecular complexity index is 691. The standard InChI is InChI=1S/C20H23FN2S/c21-16-4-2-1-3-15(16)17-8-18(23-19(24)22-17)20-9-12-5-13(10-20)7-14(6-12)11-20/h1-4,8,12-14,17H,5-7,9-11H2,(H2,22,23,24)/t12?,13?,14?,17-,20?/m0/s1. The third kappa shape index (κ3) is 2.30. The van der Waals surface area contributed by atoms with Gasteiger partial charge in [-0.2, -0.15) is 0 Å². The summed E-state index contributed by atoms with van der Waals surface area (Å²) in [6.07, 6.45) is 10.3. The van der Waals surface area contributed by atoms with Gasteiger partial charge < -0.3 is 10.6 Å². The molecule has 1 aromatic carbocycles. The van der Waals surface area contributed by atoms with E-state index >= 15 is 0 Å². The molecular formula is C20H23FN2S. The van der Waals surface area contributed by atoms with E-state index in [0.29, 0.717) is 10.7 Å². The maximum absolute atomic E-state index is 14.3. The number of hydrogen-bond acceptors (Lipinski definition) is 1. The fourth-order valence-corrected chi connectivity index (χ4v) is 6.43. The van der Waals surface area contributed by atoms with Gasteiger partial charge in [0.2, 0.25) is 0 Å². The molecular weight excluding hydrogens is 319 g/mol. The lowest BCUT2D eigenvalue weighted by Gasteiger charge is -2.58. The quantitative estimate of drug-likeness (QED) is 0.777. The van der Waals surface area contributed by atoms with Gasteiger partial charge in [-0.25, -0.2) is 4.39 Å².